The highest BCUT2D eigenvalue weighted by Crippen LogP contribution is 2.37. The van der Waals surface area contributed by atoms with Gasteiger partial charge in [-0.15, -0.1) is 0 Å². The van der Waals surface area contributed by atoms with Crippen molar-refractivity contribution in [2.75, 3.05) is 0 Å². The van der Waals surface area contributed by atoms with Gasteiger partial charge in [0.15, 0.2) is 0 Å². The highest BCUT2D eigenvalue weighted by molar-refractivity contribution is 8.76. The first-order valence-corrected chi connectivity index (χ1v) is 8.21. The van der Waals surface area contributed by atoms with Gasteiger partial charge in [0.25, 0.3) is 0 Å². The van der Waals surface area contributed by atoms with Crippen LogP contribution in [-0.2, 0) is 5.41 Å². The molecule has 0 nitrogen and oxygen atoms in total. The predicted octanol–water partition coefficient (Wildman–Crippen LogP) is 5.78. The SMILES string of the molecule is CC(C)(C)c1ccc(SSc2ccccc2)cc1. The van der Waals surface area contributed by atoms with E-state index in [0.717, 1.165) is 0 Å². The Kier molecular flexibility index (Phi) is 4.41. The Morgan fingerprint density at radius 2 is 1.17 bits per heavy atom. The molecule has 0 fully saturated rings. The van der Waals surface area contributed by atoms with E-state index in [2.05, 4.69) is 69.3 Å². The van der Waals surface area contributed by atoms with Gasteiger partial charge >= 0.3 is 0 Å². The van der Waals surface area contributed by atoms with Gasteiger partial charge in [-0.1, -0.05) is 72.7 Å². The second-order valence-corrected chi connectivity index (χ2v) is 7.53. The Hall–Kier alpha value is -0.860. The molecule has 0 atom stereocenters. The fourth-order valence-corrected chi connectivity index (χ4v) is 3.53. The number of rotatable bonds is 3. The van der Waals surface area contributed by atoms with Crippen LogP contribution in [0.2, 0.25) is 0 Å². The van der Waals surface area contributed by atoms with Crippen LogP contribution in [0.1, 0.15) is 26.3 Å². The van der Waals surface area contributed by atoms with Gasteiger partial charge in [0.1, 0.15) is 0 Å². The quantitative estimate of drug-likeness (QED) is 0.650. The first kappa shape index (κ1) is 13.6. The van der Waals surface area contributed by atoms with Crippen LogP contribution < -0.4 is 0 Å². The molecule has 0 heterocycles. The van der Waals surface area contributed by atoms with Crippen molar-refractivity contribution in [3.63, 3.8) is 0 Å². The summed E-state index contributed by atoms with van der Waals surface area (Å²) >= 11 is 0. The lowest BCUT2D eigenvalue weighted by molar-refractivity contribution is 0.590. The molecule has 0 amide bonds. The minimum Gasteiger partial charge on any atom is -0.0622 e. The minimum atomic E-state index is 0.232. The summed E-state index contributed by atoms with van der Waals surface area (Å²) in [5, 5.41) is 0. The predicted molar refractivity (Wildman–Crippen MR) is 83.3 cm³/mol. The molecule has 0 saturated heterocycles. The highest BCUT2D eigenvalue weighted by Gasteiger charge is 2.12. The van der Waals surface area contributed by atoms with Crippen LogP contribution in [0.4, 0.5) is 0 Å². The third-order valence-electron chi connectivity index (χ3n) is 2.70. The molecule has 2 aromatic carbocycles. The van der Waals surface area contributed by atoms with E-state index in [1.165, 1.54) is 15.4 Å². The summed E-state index contributed by atoms with van der Waals surface area (Å²) in [6.45, 7) is 6.73. The molecule has 0 N–H and O–H groups in total. The van der Waals surface area contributed by atoms with Crippen LogP contribution in [-0.4, -0.2) is 0 Å². The topological polar surface area (TPSA) is 0 Å². The summed E-state index contributed by atoms with van der Waals surface area (Å²) in [5.74, 6) is 0. The van der Waals surface area contributed by atoms with Gasteiger partial charge < -0.3 is 0 Å². The van der Waals surface area contributed by atoms with Crippen LogP contribution in [0.5, 0.6) is 0 Å². The molecular formula is C16H18S2. The van der Waals surface area contributed by atoms with E-state index >= 15 is 0 Å². The van der Waals surface area contributed by atoms with Crippen LogP contribution in [0.25, 0.3) is 0 Å². The van der Waals surface area contributed by atoms with E-state index in [1.807, 2.05) is 16.9 Å². The van der Waals surface area contributed by atoms with Gasteiger partial charge in [-0.2, -0.15) is 0 Å². The molecule has 18 heavy (non-hydrogen) atoms. The summed E-state index contributed by atoms with van der Waals surface area (Å²) in [5.41, 5.74) is 1.62. The van der Waals surface area contributed by atoms with Gasteiger partial charge in [-0.05, 0) is 35.2 Å². The van der Waals surface area contributed by atoms with Crippen molar-refractivity contribution >= 4 is 21.6 Å². The molecule has 0 aliphatic carbocycles. The van der Waals surface area contributed by atoms with Gasteiger partial charge in [0.2, 0.25) is 0 Å². The third-order valence-corrected chi connectivity index (χ3v) is 5.11. The van der Waals surface area contributed by atoms with Crippen molar-refractivity contribution in [1.82, 2.24) is 0 Å². The van der Waals surface area contributed by atoms with Crippen molar-refractivity contribution < 1.29 is 0 Å². The van der Waals surface area contributed by atoms with Gasteiger partial charge in [-0.25, -0.2) is 0 Å². The lowest BCUT2D eigenvalue weighted by atomic mass is 9.87. The Labute approximate surface area is 118 Å². The molecule has 2 aromatic rings. The molecule has 0 unspecified atom stereocenters. The third kappa shape index (κ3) is 3.82. The molecule has 0 radical (unpaired) electrons. The van der Waals surface area contributed by atoms with E-state index < -0.39 is 0 Å². The average Bonchev–Trinajstić information content (AvgIpc) is 2.37. The summed E-state index contributed by atoms with van der Waals surface area (Å²) in [4.78, 5) is 2.60. The molecule has 0 aliphatic heterocycles. The Morgan fingerprint density at radius 1 is 0.667 bits per heavy atom. The molecular weight excluding hydrogens is 256 g/mol. The molecule has 0 aliphatic rings. The fourth-order valence-electron chi connectivity index (χ4n) is 1.58. The smallest absolute Gasteiger partial charge is 0.0186 e. The molecule has 2 heteroatoms. The molecule has 0 bridgehead atoms. The Morgan fingerprint density at radius 3 is 1.67 bits per heavy atom. The van der Waals surface area contributed by atoms with E-state index in [0.29, 0.717) is 0 Å². The Balaban J connectivity index is 1.99. The average molecular weight is 274 g/mol. The maximum absolute atomic E-state index is 2.24. The van der Waals surface area contributed by atoms with Crippen LogP contribution >= 0.6 is 21.6 Å². The fraction of sp³-hybridized carbons (Fsp3) is 0.250. The zero-order valence-corrected chi connectivity index (χ0v) is 12.6. The molecule has 0 aromatic heterocycles. The minimum absolute atomic E-state index is 0.232. The number of hydrogen-bond donors (Lipinski definition) is 0. The summed E-state index contributed by atoms with van der Waals surface area (Å²) in [6, 6.07) is 19.4. The zero-order valence-electron chi connectivity index (χ0n) is 11.0. The van der Waals surface area contributed by atoms with Crippen LogP contribution in [0.3, 0.4) is 0 Å². The summed E-state index contributed by atoms with van der Waals surface area (Å²) < 4.78 is 0. The van der Waals surface area contributed by atoms with Crippen molar-refractivity contribution in [1.29, 1.82) is 0 Å². The monoisotopic (exact) mass is 274 g/mol. The van der Waals surface area contributed by atoms with Crippen LogP contribution in [0.15, 0.2) is 64.4 Å². The number of benzene rings is 2. The van der Waals surface area contributed by atoms with E-state index in [1.54, 1.807) is 10.8 Å². The lowest BCUT2D eigenvalue weighted by Crippen LogP contribution is -2.10. The highest BCUT2D eigenvalue weighted by atomic mass is 33.1. The van der Waals surface area contributed by atoms with Gasteiger partial charge in [0, 0.05) is 9.79 Å². The lowest BCUT2D eigenvalue weighted by Gasteiger charge is -2.18. The molecule has 0 saturated carbocycles. The van der Waals surface area contributed by atoms with E-state index in [-0.39, 0.29) is 5.41 Å². The standard InChI is InChI=1S/C16H18S2/c1-16(2,3)13-9-11-15(12-10-13)18-17-14-7-5-4-6-8-14/h4-12H,1-3H3. The maximum Gasteiger partial charge on any atom is 0.0186 e. The molecule has 2 rings (SSSR count). The largest absolute Gasteiger partial charge is 0.0622 e. The molecule has 94 valence electrons. The number of hydrogen-bond acceptors (Lipinski definition) is 2. The maximum atomic E-state index is 2.24. The van der Waals surface area contributed by atoms with E-state index in [9.17, 15) is 0 Å². The second-order valence-electron chi connectivity index (χ2n) is 5.25. The van der Waals surface area contributed by atoms with Gasteiger partial charge in [-0.3, -0.25) is 0 Å². The summed E-state index contributed by atoms with van der Waals surface area (Å²) in [6.07, 6.45) is 0. The van der Waals surface area contributed by atoms with Crippen molar-refractivity contribution in [3.05, 3.63) is 60.2 Å². The molecule has 0 spiro atoms. The van der Waals surface area contributed by atoms with Crippen LogP contribution in [0, 0.1) is 0 Å². The zero-order chi connectivity index (χ0) is 13.0. The summed E-state index contributed by atoms with van der Waals surface area (Å²) in [7, 11) is 3.61. The van der Waals surface area contributed by atoms with Crippen molar-refractivity contribution in [3.8, 4) is 0 Å². The Bertz CT molecular complexity index is 481. The normalized spacial score (nSPS) is 11.5. The van der Waals surface area contributed by atoms with Gasteiger partial charge in [0.05, 0.1) is 0 Å². The first-order chi connectivity index (χ1) is 8.55. The van der Waals surface area contributed by atoms with Crippen molar-refractivity contribution in [2.24, 2.45) is 0 Å². The van der Waals surface area contributed by atoms with Crippen molar-refractivity contribution in [2.45, 2.75) is 36.0 Å². The first-order valence-electron chi connectivity index (χ1n) is 6.06. The second kappa shape index (κ2) is 5.85. The van der Waals surface area contributed by atoms with E-state index in [4.69, 9.17) is 0 Å².